The monoisotopic (exact) mass is 380 g/mol. The smallest absolute Gasteiger partial charge is 0.269 e. The Balaban J connectivity index is 1.72. The van der Waals surface area contributed by atoms with Gasteiger partial charge in [-0.25, -0.2) is 0 Å². The first-order chi connectivity index (χ1) is 13.5. The molecular formula is C19H20N6O3. The van der Waals surface area contributed by atoms with Gasteiger partial charge in [0, 0.05) is 23.4 Å². The number of non-ortho nitro benzene ring substituents is 1. The topological polar surface area (TPSA) is 116 Å². The summed E-state index contributed by atoms with van der Waals surface area (Å²) in [5, 5.41) is 25.7. The second-order valence-corrected chi connectivity index (χ2v) is 6.15. The second-order valence-electron chi connectivity index (χ2n) is 6.15. The Morgan fingerprint density at radius 1 is 1.11 bits per heavy atom. The molecule has 0 saturated heterocycles. The Morgan fingerprint density at radius 2 is 1.75 bits per heavy atom. The molecule has 0 atom stereocenters. The minimum atomic E-state index is -0.475. The van der Waals surface area contributed by atoms with Crippen molar-refractivity contribution in [1.29, 1.82) is 0 Å². The van der Waals surface area contributed by atoms with Crippen LogP contribution in [0, 0.1) is 10.1 Å². The third-order valence-electron chi connectivity index (χ3n) is 4.34. The Bertz CT molecular complexity index is 975. The highest BCUT2D eigenvalue weighted by atomic mass is 16.6. The maximum atomic E-state index is 12.5. The summed E-state index contributed by atoms with van der Waals surface area (Å²) in [6.45, 7) is 4.00. The second kappa shape index (κ2) is 8.38. The lowest BCUT2D eigenvalue weighted by atomic mass is 10.0. The molecule has 0 radical (unpaired) electrons. The lowest BCUT2D eigenvalue weighted by Gasteiger charge is -2.14. The first-order valence-corrected chi connectivity index (χ1v) is 8.95. The molecule has 0 fully saturated rings. The van der Waals surface area contributed by atoms with Gasteiger partial charge < -0.3 is 5.32 Å². The van der Waals surface area contributed by atoms with Crippen LogP contribution >= 0.6 is 0 Å². The summed E-state index contributed by atoms with van der Waals surface area (Å²) < 4.78 is 0. The van der Waals surface area contributed by atoms with Gasteiger partial charge in [-0.1, -0.05) is 32.0 Å². The van der Waals surface area contributed by atoms with Gasteiger partial charge in [0.05, 0.1) is 4.92 Å². The van der Waals surface area contributed by atoms with Gasteiger partial charge in [-0.2, -0.15) is 4.80 Å². The van der Waals surface area contributed by atoms with E-state index in [9.17, 15) is 14.9 Å². The highest BCUT2D eigenvalue weighted by molar-refractivity contribution is 5.92. The number of carbonyl (C=O) groups is 1. The number of tetrazole rings is 1. The fraction of sp³-hybridized carbons (Fsp3) is 0.263. The first kappa shape index (κ1) is 19.2. The maximum Gasteiger partial charge on any atom is 0.269 e. The lowest BCUT2D eigenvalue weighted by molar-refractivity contribution is -0.384. The normalized spacial score (nSPS) is 10.6. The highest BCUT2D eigenvalue weighted by Gasteiger charge is 2.14. The Kier molecular flexibility index (Phi) is 5.73. The number of nitrogens with zero attached hydrogens (tertiary/aromatic N) is 5. The van der Waals surface area contributed by atoms with E-state index in [2.05, 4.69) is 20.7 Å². The summed E-state index contributed by atoms with van der Waals surface area (Å²) in [6.07, 6.45) is 1.63. The van der Waals surface area contributed by atoms with Crippen molar-refractivity contribution in [1.82, 2.24) is 20.2 Å². The number of carbonyl (C=O) groups excluding carboxylic acids is 1. The number of anilines is 1. The molecule has 28 heavy (non-hydrogen) atoms. The maximum absolute atomic E-state index is 12.5. The van der Waals surface area contributed by atoms with Gasteiger partial charge in [0.2, 0.25) is 11.7 Å². The van der Waals surface area contributed by atoms with Gasteiger partial charge in [-0.3, -0.25) is 14.9 Å². The molecule has 3 rings (SSSR count). The molecule has 1 amide bonds. The predicted molar refractivity (Wildman–Crippen MR) is 104 cm³/mol. The molecular weight excluding hydrogens is 360 g/mol. The zero-order chi connectivity index (χ0) is 20.1. The fourth-order valence-electron chi connectivity index (χ4n) is 2.87. The number of aryl methyl sites for hydroxylation is 2. The summed E-state index contributed by atoms with van der Waals surface area (Å²) in [6, 6.07) is 11.8. The predicted octanol–water partition coefficient (Wildman–Crippen LogP) is 3.01. The Morgan fingerprint density at radius 3 is 2.32 bits per heavy atom. The van der Waals surface area contributed by atoms with E-state index in [0.717, 1.165) is 29.7 Å². The molecule has 3 aromatic rings. The van der Waals surface area contributed by atoms with Gasteiger partial charge in [0.25, 0.3) is 5.69 Å². The van der Waals surface area contributed by atoms with Crippen molar-refractivity contribution < 1.29 is 9.72 Å². The van der Waals surface area contributed by atoms with E-state index < -0.39 is 4.92 Å². The fourth-order valence-corrected chi connectivity index (χ4v) is 2.87. The molecule has 0 unspecified atom stereocenters. The Hall–Kier alpha value is -3.62. The minimum absolute atomic E-state index is 0.0168. The van der Waals surface area contributed by atoms with Gasteiger partial charge in [-0.05, 0) is 41.3 Å². The van der Waals surface area contributed by atoms with Gasteiger partial charge in [0.15, 0.2) is 0 Å². The molecule has 9 nitrogen and oxygen atoms in total. The van der Waals surface area contributed by atoms with Gasteiger partial charge >= 0.3 is 0 Å². The summed E-state index contributed by atoms with van der Waals surface area (Å²) in [4.78, 5) is 23.9. The van der Waals surface area contributed by atoms with Crippen molar-refractivity contribution in [3.8, 4) is 11.4 Å². The number of benzene rings is 2. The van der Waals surface area contributed by atoms with Crippen molar-refractivity contribution >= 4 is 17.3 Å². The number of hydrogen-bond donors (Lipinski definition) is 1. The number of rotatable bonds is 7. The zero-order valence-corrected chi connectivity index (χ0v) is 15.6. The van der Waals surface area contributed by atoms with Crippen LogP contribution < -0.4 is 5.32 Å². The van der Waals surface area contributed by atoms with Crippen LogP contribution in [0.5, 0.6) is 0 Å². The van der Waals surface area contributed by atoms with E-state index in [0.29, 0.717) is 11.4 Å². The number of hydrogen-bond acceptors (Lipinski definition) is 6. The van der Waals surface area contributed by atoms with Crippen LogP contribution in [0.15, 0.2) is 42.5 Å². The molecule has 1 heterocycles. The summed E-state index contributed by atoms with van der Waals surface area (Å²) in [5.41, 5.74) is 3.56. The third kappa shape index (κ3) is 4.20. The van der Waals surface area contributed by atoms with E-state index in [4.69, 9.17) is 0 Å². The van der Waals surface area contributed by atoms with Crippen LogP contribution in [-0.4, -0.2) is 31.0 Å². The number of nitro benzene ring substituents is 1. The molecule has 1 N–H and O–H groups in total. The standard InChI is InChI=1S/C19H20N6O3/c1-3-13-6-5-7-14(4-2)18(13)20-17(26)12-24-22-19(21-23-24)15-8-10-16(11-9-15)25(27)28/h5-11H,3-4,12H2,1-2H3,(H,20,26). The summed E-state index contributed by atoms with van der Waals surface area (Å²) >= 11 is 0. The van der Waals surface area contributed by atoms with Crippen molar-refractivity contribution in [3.63, 3.8) is 0 Å². The zero-order valence-electron chi connectivity index (χ0n) is 15.6. The van der Waals surface area contributed by atoms with Crippen LogP contribution in [0.4, 0.5) is 11.4 Å². The molecule has 144 valence electrons. The van der Waals surface area contributed by atoms with Crippen LogP contribution in [0.2, 0.25) is 0 Å². The SMILES string of the molecule is CCc1cccc(CC)c1NC(=O)Cn1nnc(-c2ccc([N+](=O)[O-])cc2)n1. The Labute approximate surface area is 161 Å². The van der Waals surface area contributed by atoms with Crippen LogP contribution in [-0.2, 0) is 24.2 Å². The number of nitrogens with one attached hydrogen (secondary N) is 1. The minimum Gasteiger partial charge on any atom is -0.324 e. The lowest BCUT2D eigenvalue weighted by Crippen LogP contribution is -2.22. The number of amides is 1. The molecule has 0 aliphatic carbocycles. The molecule has 1 aromatic heterocycles. The van der Waals surface area contributed by atoms with E-state index in [1.54, 1.807) is 12.1 Å². The molecule has 2 aromatic carbocycles. The van der Waals surface area contributed by atoms with Crippen LogP contribution in [0.1, 0.15) is 25.0 Å². The van der Waals surface area contributed by atoms with E-state index in [1.807, 2.05) is 32.0 Å². The van der Waals surface area contributed by atoms with Crippen LogP contribution in [0.3, 0.4) is 0 Å². The van der Waals surface area contributed by atoms with Crippen LogP contribution in [0.25, 0.3) is 11.4 Å². The van der Waals surface area contributed by atoms with Crippen molar-refractivity contribution in [2.24, 2.45) is 0 Å². The first-order valence-electron chi connectivity index (χ1n) is 8.95. The number of nitro groups is 1. The quantitative estimate of drug-likeness (QED) is 0.497. The number of aromatic nitrogens is 4. The molecule has 0 spiro atoms. The van der Waals surface area contributed by atoms with Crippen molar-refractivity contribution in [2.75, 3.05) is 5.32 Å². The third-order valence-corrected chi connectivity index (χ3v) is 4.34. The van der Waals surface area contributed by atoms with Gasteiger partial charge in [0.1, 0.15) is 6.54 Å². The molecule has 0 aliphatic rings. The van der Waals surface area contributed by atoms with Gasteiger partial charge in [-0.15, -0.1) is 10.2 Å². The molecule has 0 saturated carbocycles. The largest absolute Gasteiger partial charge is 0.324 e. The van der Waals surface area contributed by atoms with Crippen molar-refractivity contribution in [2.45, 2.75) is 33.2 Å². The average Bonchev–Trinajstić information content (AvgIpc) is 3.16. The van der Waals surface area contributed by atoms with Crippen molar-refractivity contribution in [3.05, 3.63) is 63.7 Å². The molecule has 0 aliphatic heterocycles. The molecule has 0 bridgehead atoms. The van der Waals surface area contributed by atoms with E-state index >= 15 is 0 Å². The van der Waals surface area contributed by atoms with E-state index in [-0.39, 0.29) is 18.1 Å². The molecule has 9 heteroatoms. The highest BCUT2D eigenvalue weighted by Crippen LogP contribution is 2.23. The summed E-state index contributed by atoms with van der Waals surface area (Å²) in [5.74, 6) is 0.0501. The van der Waals surface area contributed by atoms with E-state index in [1.165, 1.54) is 16.9 Å². The number of para-hydroxylation sites is 1. The average molecular weight is 380 g/mol. The summed E-state index contributed by atoms with van der Waals surface area (Å²) in [7, 11) is 0.